The number of aromatic nitrogens is 3. The normalized spacial score (nSPS) is 16.4. The average Bonchev–Trinajstić information content (AvgIpc) is 3.16. The van der Waals surface area contributed by atoms with Gasteiger partial charge in [0.1, 0.15) is 5.82 Å². The Morgan fingerprint density at radius 2 is 2.14 bits per heavy atom. The summed E-state index contributed by atoms with van der Waals surface area (Å²) in [6, 6.07) is 4.93. The molecule has 0 unspecified atom stereocenters. The zero-order chi connectivity index (χ0) is 14.5. The van der Waals surface area contributed by atoms with Crippen molar-refractivity contribution in [3.05, 3.63) is 28.2 Å². The Labute approximate surface area is 135 Å². The lowest BCUT2D eigenvalue weighted by atomic mass is 9.95. The summed E-state index contributed by atoms with van der Waals surface area (Å²) in [5.41, 5.74) is 0. The minimum atomic E-state index is 0.614. The molecule has 3 rings (SSSR count). The summed E-state index contributed by atoms with van der Waals surface area (Å²) in [5, 5.41) is 12.3. The van der Waals surface area contributed by atoms with Crippen molar-refractivity contribution in [3.63, 3.8) is 0 Å². The molecule has 2 aromatic heterocycles. The van der Waals surface area contributed by atoms with Crippen molar-refractivity contribution >= 4 is 23.1 Å². The van der Waals surface area contributed by atoms with Crippen molar-refractivity contribution in [1.82, 2.24) is 14.8 Å². The largest absolute Gasteiger partial charge is 0.303 e. The molecule has 0 saturated heterocycles. The van der Waals surface area contributed by atoms with Gasteiger partial charge >= 0.3 is 0 Å². The van der Waals surface area contributed by atoms with Gasteiger partial charge in [0.2, 0.25) is 0 Å². The van der Waals surface area contributed by atoms with Crippen molar-refractivity contribution < 1.29 is 0 Å². The topological polar surface area (TPSA) is 30.7 Å². The third-order valence-corrected chi connectivity index (χ3v) is 6.05. The van der Waals surface area contributed by atoms with Crippen LogP contribution in [0, 0.1) is 0 Å². The Morgan fingerprint density at radius 1 is 1.29 bits per heavy atom. The Hall–Kier alpha value is -0.810. The monoisotopic (exact) mass is 321 g/mol. The molecule has 0 atom stereocenters. The molecule has 0 aliphatic heterocycles. The lowest BCUT2D eigenvalue weighted by molar-refractivity contribution is 0.330. The Bertz CT molecular complexity index is 542. The minimum absolute atomic E-state index is 0.614. The maximum Gasteiger partial charge on any atom is 0.191 e. The van der Waals surface area contributed by atoms with Crippen LogP contribution in [0.4, 0.5) is 0 Å². The van der Waals surface area contributed by atoms with Gasteiger partial charge in [-0.05, 0) is 30.7 Å². The van der Waals surface area contributed by atoms with Crippen LogP contribution in [0.2, 0.25) is 0 Å². The lowest BCUT2D eigenvalue weighted by Crippen LogP contribution is -2.16. The Morgan fingerprint density at radius 3 is 2.86 bits per heavy atom. The minimum Gasteiger partial charge on any atom is -0.303 e. The highest BCUT2D eigenvalue weighted by atomic mass is 32.2. The average molecular weight is 322 g/mol. The predicted octanol–water partition coefficient (Wildman–Crippen LogP) is 4.94. The Balaban J connectivity index is 1.85. The summed E-state index contributed by atoms with van der Waals surface area (Å²) < 4.78 is 2.46. The van der Waals surface area contributed by atoms with E-state index < -0.39 is 0 Å². The fourth-order valence-corrected chi connectivity index (χ4v) is 4.57. The zero-order valence-electron chi connectivity index (χ0n) is 12.6. The molecule has 0 amide bonds. The molecule has 2 aromatic rings. The van der Waals surface area contributed by atoms with E-state index >= 15 is 0 Å². The lowest BCUT2D eigenvalue weighted by Gasteiger charge is -2.25. The summed E-state index contributed by atoms with van der Waals surface area (Å²) in [4.78, 5) is 1.38. The fraction of sp³-hybridized carbons (Fsp3) is 0.625. The first-order valence-corrected chi connectivity index (χ1v) is 9.84. The number of rotatable bonds is 6. The van der Waals surface area contributed by atoms with Crippen molar-refractivity contribution in [2.45, 2.75) is 63.1 Å². The molecule has 1 aliphatic carbocycles. The van der Waals surface area contributed by atoms with Crippen molar-refractivity contribution in [1.29, 1.82) is 0 Å². The first-order chi connectivity index (χ1) is 10.4. The van der Waals surface area contributed by atoms with Gasteiger partial charge < -0.3 is 4.57 Å². The number of thiophene rings is 1. The second-order valence-electron chi connectivity index (χ2n) is 5.67. The third-order valence-electron chi connectivity index (χ3n) is 4.02. The molecule has 0 bridgehead atoms. The molecule has 0 aromatic carbocycles. The molecular formula is C16H23N3S2. The molecule has 114 valence electrons. The van der Waals surface area contributed by atoms with E-state index in [2.05, 4.69) is 39.2 Å². The summed E-state index contributed by atoms with van der Waals surface area (Å²) >= 11 is 3.68. The Kier molecular flexibility index (Phi) is 5.36. The quantitative estimate of drug-likeness (QED) is 0.706. The number of hydrogen-bond acceptors (Lipinski definition) is 4. The molecule has 0 spiro atoms. The molecule has 21 heavy (non-hydrogen) atoms. The SMILES string of the molecule is CCCSc1nnc(Cc2cccs2)n1C1CCCCC1. The number of thioether (sulfide) groups is 1. The standard InChI is InChI=1S/C16H23N3S2/c1-2-10-21-16-18-17-15(12-14-9-6-11-20-14)19(16)13-7-4-3-5-8-13/h6,9,11,13H,2-5,7-8,10,12H2,1H3. The maximum absolute atomic E-state index is 4.52. The van der Waals surface area contributed by atoms with Gasteiger partial charge in [0.05, 0.1) is 0 Å². The summed E-state index contributed by atoms with van der Waals surface area (Å²) in [7, 11) is 0. The van der Waals surface area contributed by atoms with Gasteiger partial charge in [-0.25, -0.2) is 0 Å². The van der Waals surface area contributed by atoms with Crippen LogP contribution in [0.5, 0.6) is 0 Å². The molecule has 2 heterocycles. The summed E-state index contributed by atoms with van der Waals surface area (Å²) in [6.45, 7) is 2.22. The fourth-order valence-electron chi connectivity index (χ4n) is 2.99. The highest BCUT2D eigenvalue weighted by Crippen LogP contribution is 2.33. The first-order valence-electron chi connectivity index (χ1n) is 7.97. The van der Waals surface area contributed by atoms with Crippen molar-refractivity contribution in [3.8, 4) is 0 Å². The van der Waals surface area contributed by atoms with E-state index in [1.165, 1.54) is 43.4 Å². The van der Waals surface area contributed by atoms with E-state index in [0.717, 1.165) is 23.2 Å². The molecule has 5 heteroatoms. The smallest absolute Gasteiger partial charge is 0.191 e. The molecule has 0 radical (unpaired) electrons. The number of hydrogen-bond donors (Lipinski definition) is 0. The van der Waals surface area contributed by atoms with Crippen molar-refractivity contribution in [2.24, 2.45) is 0 Å². The molecule has 3 nitrogen and oxygen atoms in total. The molecule has 0 N–H and O–H groups in total. The van der Waals surface area contributed by atoms with Gasteiger partial charge in [0, 0.05) is 23.1 Å². The second-order valence-corrected chi connectivity index (χ2v) is 7.76. The molecule has 1 saturated carbocycles. The van der Waals surface area contributed by atoms with E-state index in [9.17, 15) is 0 Å². The summed E-state index contributed by atoms with van der Waals surface area (Å²) in [6.07, 6.45) is 8.76. The van der Waals surface area contributed by atoms with Crippen LogP contribution in [0.1, 0.15) is 62.2 Å². The van der Waals surface area contributed by atoms with E-state index in [-0.39, 0.29) is 0 Å². The van der Waals surface area contributed by atoms with Gasteiger partial charge in [-0.3, -0.25) is 0 Å². The highest BCUT2D eigenvalue weighted by Gasteiger charge is 2.23. The van der Waals surface area contributed by atoms with Gasteiger partial charge in [-0.1, -0.05) is 44.0 Å². The van der Waals surface area contributed by atoms with Gasteiger partial charge in [0.25, 0.3) is 0 Å². The second kappa shape index (κ2) is 7.45. The van der Waals surface area contributed by atoms with E-state index in [1.54, 1.807) is 0 Å². The van der Waals surface area contributed by atoms with Crippen LogP contribution in [-0.4, -0.2) is 20.5 Å². The van der Waals surface area contributed by atoms with E-state index in [4.69, 9.17) is 0 Å². The van der Waals surface area contributed by atoms with Crippen LogP contribution >= 0.6 is 23.1 Å². The van der Waals surface area contributed by atoms with Crippen LogP contribution in [0.25, 0.3) is 0 Å². The molecular weight excluding hydrogens is 298 g/mol. The molecule has 1 aliphatic rings. The van der Waals surface area contributed by atoms with Gasteiger partial charge in [-0.15, -0.1) is 21.5 Å². The van der Waals surface area contributed by atoms with Gasteiger partial charge in [0.15, 0.2) is 5.16 Å². The molecule has 1 fully saturated rings. The first kappa shape index (κ1) is 15.1. The third kappa shape index (κ3) is 3.69. The van der Waals surface area contributed by atoms with Crippen LogP contribution in [-0.2, 0) is 6.42 Å². The van der Waals surface area contributed by atoms with Gasteiger partial charge in [-0.2, -0.15) is 0 Å². The van der Waals surface area contributed by atoms with E-state index in [0.29, 0.717) is 6.04 Å². The summed E-state index contributed by atoms with van der Waals surface area (Å²) in [5.74, 6) is 2.28. The van der Waals surface area contributed by atoms with E-state index in [1.807, 2.05) is 23.1 Å². The van der Waals surface area contributed by atoms with Crippen molar-refractivity contribution in [2.75, 3.05) is 5.75 Å². The predicted molar refractivity (Wildman–Crippen MR) is 90.3 cm³/mol. The zero-order valence-corrected chi connectivity index (χ0v) is 14.3. The number of nitrogens with zero attached hydrogens (tertiary/aromatic N) is 3. The van der Waals surface area contributed by atoms with Crippen LogP contribution in [0.15, 0.2) is 22.7 Å². The highest BCUT2D eigenvalue weighted by molar-refractivity contribution is 7.99. The van der Waals surface area contributed by atoms with Crippen LogP contribution < -0.4 is 0 Å². The van der Waals surface area contributed by atoms with Crippen LogP contribution in [0.3, 0.4) is 0 Å². The maximum atomic E-state index is 4.52.